The zero-order valence-corrected chi connectivity index (χ0v) is 11.9. The van der Waals surface area contributed by atoms with Crippen molar-refractivity contribution < 1.29 is 4.74 Å². The highest BCUT2D eigenvalue weighted by molar-refractivity contribution is 5.80. The summed E-state index contributed by atoms with van der Waals surface area (Å²) in [5, 5.41) is 0. The van der Waals surface area contributed by atoms with Crippen LogP contribution in [-0.2, 0) is 4.74 Å². The number of ether oxygens (including phenoxy) is 1. The van der Waals surface area contributed by atoms with E-state index in [1.54, 1.807) is 7.11 Å². The van der Waals surface area contributed by atoms with E-state index in [2.05, 4.69) is 40.3 Å². The third kappa shape index (κ3) is 4.14. The van der Waals surface area contributed by atoms with Crippen LogP contribution in [0.4, 0.5) is 0 Å². The number of piperazine rings is 1. The predicted molar refractivity (Wildman–Crippen MR) is 76.0 cm³/mol. The van der Waals surface area contributed by atoms with Gasteiger partial charge in [0.1, 0.15) is 5.84 Å². The van der Waals surface area contributed by atoms with E-state index in [-0.39, 0.29) is 0 Å². The van der Waals surface area contributed by atoms with Crippen LogP contribution in [0.5, 0.6) is 0 Å². The predicted octanol–water partition coefficient (Wildman–Crippen LogP) is 1.58. The molecule has 5 heteroatoms. The van der Waals surface area contributed by atoms with Crippen molar-refractivity contribution in [3.63, 3.8) is 0 Å². The first-order valence-corrected chi connectivity index (χ1v) is 6.32. The standard InChI is InChI=1S/C13H24N4O/c1-11(2)16-6-8-17(9-7-16)12(3)15-13(18-5)10-14-4/h10-11H,4,6-9H2,1-3,5H3/b13-10+,15-12?. The molecule has 1 fully saturated rings. The van der Waals surface area contributed by atoms with Gasteiger partial charge in [-0.05, 0) is 27.5 Å². The van der Waals surface area contributed by atoms with Gasteiger partial charge in [-0.2, -0.15) is 4.99 Å². The molecule has 0 atom stereocenters. The van der Waals surface area contributed by atoms with Gasteiger partial charge in [-0.25, -0.2) is 0 Å². The van der Waals surface area contributed by atoms with Crippen LogP contribution in [-0.4, -0.2) is 61.7 Å². The van der Waals surface area contributed by atoms with Gasteiger partial charge in [-0.15, -0.1) is 0 Å². The maximum atomic E-state index is 5.11. The molecule has 0 amide bonds. The normalized spacial score (nSPS) is 19.3. The molecule has 0 radical (unpaired) electrons. The fraction of sp³-hybridized carbons (Fsp3) is 0.692. The number of aliphatic imine (C=N–C) groups is 2. The van der Waals surface area contributed by atoms with Crippen LogP contribution in [0.3, 0.4) is 0 Å². The Balaban J connectivity index is 2.59. The molecule has 5 nitrogen and oxygen atoms in total. The Morgan fingerprint density at radius 1 is 1.28 bits per heavy atom. The van der Waals surface area contributed by atoms with Crippen molar-refractivity contribution in [2.24, 2.45) is 9.98 Å². The highest BCUT2D eigenvalue weighted by Gasteiger charge is 2.19. The third-order valence-corrected chi connectivity index (χ3v) is 3.19. The van der Waals surface area contributed by atoms with E-state index in [4.69, 9.17) is 4.74 Å². The summed E-state index contributed by atoms with van der Waals surface area (Å²) in [6, 6.07) is 0.615. The topological polar surface area (TPSA) is 40.4 Å². The van der Waals surface area contributed by atoms with Gasteiger partial charge in [0, 0.05) is 32.2 Å². The lowest BCUT2D eigenvalue weighted by Gasteiger charge is -2.37. The van der Waals surface area contributed by atoms with Crippen LogP contribution in [0, 0.1) is 0 Å². The molecule has 0 saturated carbocycles. The van der Waals surface area contributed by atoms with Crippen LogP contribution in [0.25, 0.3) is 0 Å². The summed E-state index contributed by atoms with van der Waals surface area (Å²) in [6.07, 6.45) is 1.52. The van der Waals surface area contributed by atoms with Crippen molar-refractivity contribution in [2.45, 2.75) is 26.8 Å². The molecule has 1 saturated heterocycles. The minimum Gasteiger partial charge on any atom is -0.480 e. The van der Waals surface area contributed by atoms with E-state index in [0.29, 0.717) is 11.9 Å². The largest absolute Gasteiger partial charge is 0.480 e. The quantitative estimate of drug-likeness (QED) is 0.433. The molecule has 0 spiro atoms. The first kappa shape index (κ1) is 14.7. The maximum absolute atomic E-state index is 5.11. The first-order valence-electron chi connectivity index (χ1n) is 6.32. The number of hydrogen-bond acceptors (Lipinski definition) is 4. The number of amidine groups is 1. The molecule has 0 aliphatic carbocycles. The zero-order valence-electron chi connectivity index (χ0n) is 11.9. The van der Waals surface area contributed by atoms with Crippen molar-refractivity contribution in [2.75, 3.05) is 33.3 Å². The second-order valence-corrected chi connectivity index (χ2v) is 4.63. The van der Waals surface area contributed by atoms with Crippen LogP contribution in [0.15, 0.2) is 22.1 Å². The smallest absolute Gasteiger partial charge is 0.233 e. The van der Waals surface area contributed by atoms with Crippen LogP contribution < -0.4 is 0 Å². The Morgan fingerprint density at radius 3 is 2.33 bits per heavy atom. The van der Waals surface area contributed by atoms with E-state index in [1.165, 1.54) is 6.20 Å². The lowest BCUT2D eigenvalue weighted by atomic mass is 10.2. The molecule has 0 aromatic heterocycles. The van der Waals surface area contributed by atoms with Crippen molar-refractivity contribution in [1.29, 1.82) is 0 Å². The minimum absolute atomic E-state index is 0.494. The maximum Gasteiger partial charge on any atom is 0.233 e. The molecule has 0 unspecified atom stereocenters. The van der Waals surface area contributed by atoms with Gasteiger partial charge in [0.15, 0.2) is 0 Å². The van der Waals surface area contributed by atoms with Crippen LogP contribution in [0.2, 0.25) is 0 Å². The number of rotatable bonds is 4. The van der Waals surface area contributed by atoms with E-state index in [1.807, 2.05) is 6.92 Å². The summed E-state index contributed by atoms with van der Waals surface area (Å²) in [6.45, 7) is 14.0. The molecule has 1 rings (SSSR count). The Kier molecular flexibility index (Phi) is 5.85. The highest BCUT2D eigenvalue weighted by Crippen LogP contribution is 2.08. The fourth-order valence-electron chi connectivity index (χ4n) is 2.00. The molecule has 102 valence electrons. The van der Waals surface area contributed by atoms with E-state index < -0.39 is 0 Å². The molecular formula is C13H24N4O. The van der Waals surface area contributed by atoms with E-state index in [9.17, 15) is 0 Å². The average molecular weight is 252 g/mol. The molecule has 0 bridgehead atoms. The summed E-state index contributed by atoms with van der Waals surface area (Å²) >= 11 is 0. The lowest BCUT2D eigenvalue weighted by Crippen LogP contribution is -2.50. The van der Waals surface area contributed by atoms with Gasteiger partial charge in [0.2, 0.25) is 5.88 Å². The second-order valence-electron chi connectivity index (χ2n) is 4.63. The molecule has 18 heavy (non-hydrogen) atoms. The Labute approximate surface area is 110 Å². The number of methoxy groups -OCH3 is 1. The number of hydrogen-bond donors (Lipinski definition) is 0. The highest BCUT2D eigenvalue weighted by atomic mass is 16.5. The van der Waals surface area contributed by atoms with Crippen molar-refractivity contribution in [1.82, 2.24) is 9.80 Å². The van der Waals surface area contributed by atoms with Gasteiger partial charge < -0.3 is 9.64 Å². The van der Waals surface area contributed by atoms with E-state index >= 15 is 0 Å². The van der Waals surface area contributed by atoms with Crippen LogP contribution in [0.1, 0.15) is 20.8 Å². The summed E-state index contributed by atoms with van der Waals surface area (Å²) < 4.78 is 5.11. The molecule has 0 aromatic carbocycles. The average Bonchev–Trinajstić information content (AvgIpc) is 2.38. The Hall–Kier alpha value is -1.36. The van der Waals surface area contributed by atoms with Crippen molar-refractivity contribution in [3.8, 4) is 0 Å². The van der Waals surface area contributed by atoms with Gasteiger partial charge in [0.05, 0.1) is 13.3 Å². The molecular weight excluding hydrogens is 228 g/mol. The lowest BCUT2D eigenvalue weighted by molar-refractivity contribution is 0.148. The van der Waals surface area contributed by atoms with Crippen LogP contribution >= 0.6 is 0 Å². The SMILES string of the molecule is C=N/C=C(\N=C(C)N1CCN(C(C)C)CC1)OC. The molecule has 0 N–H and O–H groups in total. The second kappa shape index (κ2) is 7.16. The first-order chi connectivity index (χ1) is 8.58. The minimum atomic E-state index is 0.494. The third-order valence-electron chi connectivity index (χ3n) is 3.19. The number of nitrogens with zero attached hydrogens (tertiary/aromatic N) is 4. The molecule has 1 heterocycles. The Morgan fingerprint density at radius 2 is 1.89 bits per heavy atom. The summed E-state index contributed by atoms with van der Waals surface area (Å²) in [5.41, 5.74) is 0. The van der Waals surface area contributed by atoms with Crippen molar-refractivity contribution in [3.05, 3.63) is 12.1 Å². The Bertz CT molecular complexity index is 328. The van der Waals surface area contributed by atoms with Gasteiger partial charge >= 0.3 is 0 Å². The monoisotopic (exact) mass is 252 g/mol. The zero-order chi connectivity index (χ0) is 13.5. The molecule has 1 aliphatic rings. The van der Waals surface area contributed by atoms with Gasteiger partial charge in [-0.3, -0.25) is 9.89 Å². The van der Waals surface area contributed by atoms with Crippen molar-refractivity contribution >= 4 is 12.6 Å². The van der Waals surface area contributed by atoms with Gasteiger partial charge in [0.25, 0.3) is 0 Å². The van der Waals surface area contributed by atoms with E-state index in [0.717, 1.165) is 32.0 Å². The molecule has 0 aromatic rings. The summed E-state index contributed by atoms with van der Waals surface area (Å²) in [4.78, 5) is 12.8. The van der Waals surface area contributed by atoms with Gasteiger partial charge in [-0.1, -0.05) is 0 Å². The fourth-order valence-corrected chi connectivity index (χ4v) is 2.00. The molecule has 1 aliphatic heterocycles. The summed E-state index contributed by atoms with van der Waals surface area (Å²) in [5.74, 6) is 1.46. The summed E-state index contributed by atoms with van der Waals surface area (Å²) in [7, 11) is 1.59.